The van der Waals surface area contributed by atoms with Crippen molar-refractivity contribution in [2.45, 2.75) is 65.2 Å². The van der Waals surface area contributed by atoms with Crippen LogP contribution in [-0.2, 0) is 23.0 Å². The second kappa shape index (κ2) is 16.5. The van der Waals surface area contributed by atoms with Crippen LogP contribution in [0.4, 0.5) is 0 Å². The van der Waals surface area contributed by atoms with Crippen LogP contribution in [0.5, 0.6) is 0 Å². The minimum absolute atomic E-state index is 0. The average molecular weight is 734 g/mol. The van der Waals surface area contributed by atoms with E-state index in [1.807, 2.05) is 0 Å². The zero-order valence-electron chi connectivity index (χ0n) is 23.1. The van der Waals surface area contributed by atoms with Crippen molar-refractivity contribution in [1.29, 1.82) is 0 Å². The Morgan fingerprint density at radius 3 is 1.11 bits per heavy atom. The third-order valence-corrected chi connectivity index (χ3v) is 10.2. The van der Waals surface area contributed by atoms with E-state index in [1.165, 1.54) is 45.3 Å². The molecule has 0 aliphatic heterocycles. The second-order valence-electron chi connectivity index (χ2n) is 11.1. The molecule has 36 heavy (non-hydrogen) atoms. The van der Waals surface area contributed by atoms with Crippen LogP contribution in [0.15, 0.2) is 83.2 Å². The molecule has 0 nitrogen and oxygen atoms in total. The number of hydrogen-bond donors (Lipinski definition) is 0. The van der Waals surface area contributed by atoms with Crippen LogP contribution < -0.4 is 24.8 Å². The number of benzene rings is 2. The van der Waals surface area contributed by atoms with E-state index in [2.05, 4.69) is 137 Å². The molecule has 2 aliphatic carbocycles. The van der Waals surface area contributed by atoms with Crippen LogP contribution in [-0.4, -0.2) is 21.6 Å². The average Bonchev–Trinajstić information content (AvgIpc) is 3.45. The summed E-state index contributed by atoms with van der Waals surface area (Å²) in [6.45, 7) is 19.0. The molecule has 192 valence electrons. The van der Waals surface area contributed by atoms with E-state index in [0.717, 1.165) is 12.8 Å². The van der Waals surface area contributed by atoms with Crippen molar-refractivity contribution < 1.29 is 47.8 Å². The molecule has 0 amide bonds. The van der Waals surface area contributed by atoms with Crippen LogP contribution in [0.25, 0.3) is 11.1 Å². The fraction of sp³-hybridized carbons (Fsp3) is 0.333. The first-order valence-corrected chi connectivity index (χ1v) is 27.0. The van der Waals surface area contributed by atoms with Crippen molar-refractivity contribution in [2.75, 3.05) is 0 Å². The summed E-state index contributed by atoms with van der Waals surface area (Å²) in [6, 6.07) is 21.1. The van der Waals surface area contributed by atoms with Gasteiger partial charge in [-0.3, -0.25) is 0 Å². The van der Waals surface area contributed by atoms with E-state index in [1.54, 1.807) is 10.4 Å². The van der Waals surface area contributed by atoms with Gasteiger partial charge in [-0.05, 0) is 0 Å². The van der Waals surface area contributed by atoms with E-state index >= 15 is 0 Å². The van der Waals surface area contributed by atoms with E-state index in [4.69, 9.17) is 0 Å². The van der Waals surface area contributed by atoms with Gasteiger partial charge in [0.15, 0.2) is 0 Å². The summed E-state index contributed by atoms with van der Waals surface area (Å²) >= 11 is 1.45. The maximum Gasteiger partial charge on any atom is -1.00 e. The molecule has 0 spiro atoms. The summed E-state index contributed by atoms with van der Waals surface area (Å²) in [5, 5.41) is 3.22. The molecule has 2 aliphatic rings. The summed E-state index contributed by atoms with van der Waals surface area (Å²) < 4.78 is 0. The van der Waals surface area contributed by atoms with Gasteiger partial charge in [-0.25, -0.2) is 0 Å². The molecule has 0 fully saturated rings. The Kier molecular flexibility index (Phi) is 16.2. The van der Waals surface area contributed by atoms with Gasteiger partial charge >= 0.3 is 41.6 Å². The van der Waals surface area contributed by atoms with Gasteiger partial charge in [-0.15, -0.1) is 45.8 Å². The van der Waals surface area contributed by atoms with Gasteiger partial charge < -0.3 is 24.8 Å². The quantitative estimate of drug-likeness (QED) is 0.335. The Bertz CT molecular complexity index is 1000. The molecule has 0 saturated heterocycles. The van der Waals surface area contributed by atoms with E-state index in [9.17, 15) is 0 Å². The normalized spacial score (nSPS) is 14.3. The molecule has 0 aromatic heterocycles. The van der Waals surface area contributed by atoms with Crippen LogP contribution in [0.2, 0.25) is 52.4 Å². The fourth-order valence-corrected chi connectivity index (χ4v) is 5.90. The molecular weight excluding hydrogens is 694 g/mol. The Morgan fingerprint density at radius 1 is 0.611 bits per heavy atom. The maximum absolute atomic E-state index is 3.49. The SMILES string of the molecule is C[Si](C)(C)C1=CC(c2ccccc2)=[C-]C1.C[Si](C)(C)C1=CC(c2ccccc2)=[C-]C1.C[Si](C)=[Hf+2].[Cl-].[Cl-]. The van der Waals surface area contributed by atoms with E-state index in [-0.39, 0.29) is 30.3 Å². The number of halogens is 2. The Labute approximate surface area is 250 Å². The molecule has 0 saturated carbocycles. The van der Waals surface area contributed by atoms with Gasteiger partial charge in [0.2, 0.25) is 0 Å². The molecule has 0 bridgehead atoms. The number of allylic oxidation sites excluding steroid dienone is 8. The monoisotopic (exact) mass is 734 g/mol. The first-order valence-electron chi connectivity index (χ1n) is 12.1. The van der Waals surface area contributed by atoms with Crippen LogP contribution >= 0.6 is 0 Å². The topological polar surface area (TPSA) is 0 Å². The van der Waals surface area contributed by atoms with Crippen molar-refractivity contribution in [1.82, 2.24) is 0 Å². The number of rotatable bonds is 4. The summed E-state index contributed by atoms with van der Waals surface area (Å²) in [7, 11) is -2.24. The first kappa shape index (κ1) is 35.5. The summed E-state index contributed by atoms with van der Waals surface area (Å²) in [4.78, 5) is 0. The van der Waals surface area contributed by atoms with Gasteiger partial charge in [-0.2, -0.15) is 35.5 Å². The molecule has 0 radical (unpaired) electrons. The standard InChI is InChI=1S/2C14H17Si.C2H6Si.2ClH.Hf/c2*1-15(2,3)14-10-9-13(11-14)12-7-5-4-6-8-12;1-3-2;;;/h2*4-8,11H,10H2,1-3H3;1-2H3;2*1H;/q2*-1;;;;+2/p-2. The van der Waals surface area contributed by atoms with Gasteiger partial charge in [0.1, 0.15) is 0 Å². The van der Waals surface area contributed by atoms with E-state index in [0.29, 0.717) is 0 Å². The molecular formula is C30H40Cl2HfSi3-2. The van der Waals surface area contributed by atoms with Crippen molar-refractivity contribution in [3.05, 3.63) is 106 Å². The molecule has 0 atom stereocenters. The Hall–Kier alpha value is -0.499. The van der Waals surface area contributed by atoms with Gasteiger partial charge in [0.05, 0.1) is 16.1 Å². The van der Waals surface area contributed by atoms with Gasteiger partial charge in [-0.1, -0.05) is 88.5 Å². The Morgan fingerprint density at radius 2 is 0.889 bits per heavy atom. The minimum Gasteiger partial charge on any atom is -1.00 e. The Balaban J connectivity index is 0.000000566. The molecule has 2 aromatic carbocycles. The van der Waals surface area contributed by atoms with Crippen LogP contribution in [0.1, 0.15) is 24.0 Å². The molecule has 4 rings (SSSR count). The molecule has 2 aromatic rings. The maximum atomic E-state index is 3.49. The molecule has 0 N–H and O–H groups in total. The van der Waals surface area contributed by atoms with Gasteiger partial charge in [0.25, 0.3) is 0 Å². The van der Waals surface area contributed by atoms with Crippen molar-refractivity contribution in [2.24, 2.45) is 0 Å². The largest absolute Gasteiger partial charge is 1.00 e. The second-order valence-corrected chi connectivity index (χ2v) is 34.2. The number of hydrogen-bond acceptors (Lipinski definition) is 0. The zero-order valence-corrected chi connectivity index (χ0v) is 31.2. The van der Waals surface area contributed by atoms with Crippen LogP contribution in [0.3, 0.4) is 0 Å². The molecule has 6 heteroatoms. The summed E-state index contributed by atoms with van der Waals surface area (Å²) in [5.74, 6) is 0. The van der Waals surface area contributed by atoms with Crippen molar-refractivity contribution in [3.8, 4) is 0 Å². The van der Waals surface area contributed by atoms with Crippen LogP contribution in [0, 0.1) is 12.2 Å². The third-order valence-electron chi connectivity index (χ3n) is 5.67. The van der Waals surface area contributed by atoms with Gasteiger partial charge in [0, 0.05) is 0 Å². The molecule has 0 unspecified atom stereocenters. The zero-order chi connectivity index (χ0) is 25.4. The van der Waals surface area contributed by atoms with E-state index < -0.39 is 16.1 Å². The third kappa shape index (κ3) is 12.4. The fourth-order valence-electron chi connectivity index (χ4n) is 3.50. The minimum atomic E-state index is -1.12. The smallest absolute Gasteiger partial charge is 1.00 e. The summed E-state index contributed by atoms with van der Waals surface area (Å²) in [6.07, 6.45) is 13.8. The first-order chi connectivity index (χ1) is 15.9. The van der Waals surface area contributed by atoms with Crippen molar-refractivity contribution in [3.63, 3.8) is 0 Å². The van der Waals surface area contributed by atoms with Crippen molar-refractivity contribution >= 4 is 32.8 Å². The molecule has 0 heterocycles. The predicted molar refractivity (Wildman–Crippen MR) is 156 cm³/mol. The summed E-state index contributed by atoms with van der Waals surface area (Å²) in [5.41, 5.74) is 5.42. The predicted octanol–water partition coefficient (Wildman–Crippen LogP) is 2.95.